The maximum absolute atomic E-state index is 12.6. The number of esters is 1. The Hall–Kier alpha value is -3.30. The normalized spacial score (nSPS) is 19.5. The van der Waals surface area contributed by atoms with Crippen molar-refractivity contribution in [3.63, 3.8) is 0 Å². The van der Waals surface area contributed by atoms with Crippen LogP contribution in [0.15, 0.2) is 48.5 Å². The van der Waals surface area contributed by atoms with Gasteiger partial charge in [0.15, 0.2) is 0 Å². The molecule has 2 atom stereocenters. The van der Waals surface area contributed by atoms with E-state index in [2.05, 4.69) is 0 Å². The molecule has 4 rings (SSSR count). The quantitative estimate of drug-likeness (QED) is 0.501. The van der Waals surface area contributed by atoms with Crippen molar-refractivity contribution in [1.29, 1.82) is 0 Å². The Bertz CT molecular complexity index is 1000. The second kappa shape index (κ2) is 11.9. The highest BCUT2D eigenvalue weighted by atomic mass is 16.7. The molecule has 0 saturated carbocycles. The van der Waals surface area contributed by atoms with Crippen molar-refractivity contribution in [2.24, 2.45) is 0 Å². The minimum Gasteiger partial charge on any atom is -0.494 e. The van der Waals surface area contributed by atoms with Crippen LogP contribution in [0.25, 0.3) is 0 Å². The lowest BCUT2D eigenvalue weighted by atomic mass is 9.98. The molecule has 9 heteroatoms. The molecule has 188 valence electrons. The maximum Gasteiger partial charge on any atom is 0.410 e. The molecule has 0 spiro atoms. The van der Waals surface area contributed by atoms with Crippen LogP contribution in [0.5, 0.6) is 11.5 Å². The van der Waals surface area contributed by atoms with Gasteiger partial charge < -0.3 is 28.7 Å². The summed E-state index contributed by atoms with van der Waals surface area (Å²) in [5.41, 5.74) is 1.91. The van der Waals surface area contributed by atoms with Crippen molar-refractivity contribution in [3.05, 3.63) is 59.7 Å². The van der Waals surface area contributed by atoms with Crippen molar-refractivity contribution >= 4 is 12.1 Å². The Morgan fingerprint density at radius 2 is 1.91 bits per heavy atom. The first-order valence-corrected chi connectivity index (χ1v) is 11.8. The molecule has 0 bridgehead atoms. The number of methoxy groups -OCH3 is 1. The van der Waals surface area contributed by atoms with Crippen LogP contribution < -0.4 is 9.47 Å². The molecule has 9 nitrogen and oxygen atoms in total. The molecule has 2 aliphatic heterocycles. The summed E-state index contributed by atoms with van der Waals surface area (Å²) in [5.74, 6) is 1.18. The van der Waals surface area contributed by atoms with Gasteiger partial charge in [0.1, 0.15) is 18.1 Å². The van der Waals surface area contributed by atoms with E-state index in [4.69, 9.17) is 23.8 Å². The lowest BCUT2D eigenvalue weighted by Crippen LogP contribution is -2.54. The summed E-state index contributed by atoms with van der Waals surface area (Å²) in [4.78, 5) is 31.5. The van der Waals surface area contributed by atoms with Gasteiger partial charge in [0.25, 0.3) is 0 Å². The third-order valence-corrected chi connectivity index (χ3v) is 6.35. The van der Waals surface area contributed by atoms with Crippen molar-refractivity contribution in [2.75, 3.05) is 47.1 Å². The first-order chi connectivity index (χ1) is 17.1. The van der Waals surface area contributed by atoms with Gasteiger partial charge in [0, 0.05) is 37.5 Å². The average molecular weight is 485 g/mol. The molecule has 0 N–H and O–H groups in total. The molecule has 0 aliphatic carbocycles. The molecular weight excluding hydrogens is 452 g/mol. The van der Waals surface area contributed by atoms with Gasteiger partial charge in [0.2, 0.25) is 0 Å². The molecule has 2 aliphatic rings. The predicted molar refractivity (Wildman–Crippen MR) is 127 cm³/mol. The zero-order valence-electron chi connectivity index (χ0n) is 20.2. The Kier molecular flexibility index (Phi) is 8.44. The first-order valence-electron chi connectivity index (χ1n) is 11.8. The van der Waals surface area contributed by atoms with E-state index in [1.165, 1.54) is 7.11 Å². The Morgan fingerprint density at radius 3 is 2.69 bits per heavy atom. The second-order valence-corrected chi connectivity index (χ2v) is 8.59. The van der Waals surface area contributed by atoms with Gasteiger partial charge in [-0.2, -0.15) is 5.06 Å². The summed E-state index contributed by atoms with van der Waals surface area (Å²) in [6.45, 7) is 2.76. The fraction of sp³-hybridized carbons (Fsp3) is 0.462. The number of ether oxygens (including phenoxy) is 4. The van der Waals surface area contributed by atoms with E-state index in [0.717, 1.165) is 16.9 Å². The van der Waals surface area contributed by atoms with Crippen LogP contribution >= 0.6 is 0 Å². The van der Waals surface area contributed by atoms with E-state index in [0.29, 0.717) is 45.0 Å². The molecule has 35 heavy (non-hydrogen) atoms. The number of hydrogen-bond donors (Lipinski definition) is 0. The van der Waals surface area contributed by atoms with Crippen LogP contribution in [0.2, 0.25) is 0 Å². The maximum atomic E-state index is 12.6. The molecule has 0 aromatic heterocycles. The van der Waals surface area contributed by atoms with Crippen molar-refractivity contribution in [1.82, 2.24) is 9.96 Å². The first kappa shape index (κ1) is 24.8. The summed E-state index contributed by atoms with van der Waals surface area (Å²) >= 11 is 0. The van der Waals surface area contributed by atoms with Crippen LogP contribution in [0.4, 0.5) is 4.79 Å². The molecule has 2 aromatic carbocycles. The number of benzene rings is 2. The lowest BCUT2D eigenvalue weighted by Gasteiger charge is -2.39. The number of hydrogen-bond acceptors (Lipinski definition) is 8. The Balaban J connectivity index is 1.29. The second-order valence-electron chi connectivity index (χ2n) is 8.59. The van der Waals surface area contributed by atoms with Crippen molar-refractivity contribution in [2.45, 2.75) is 31.4 Å². The molecule has 2 heterocycles. The third-order valence-electron chi connectivity index (χ3n) is 6.35. The zero-order valence-corrected chi connectivity index (χ0v) is 20.2. The molecule has 1 amide bonds. The van der Waals surface area contributed by atoms with Gasteiger partial charge in [-0.15, -0.1) is 0 Å². The van der Waals surface area contributed by atoms with E-state index in [1.807, 2.05) is 53.6 Å². The van der Waals surface area contributed by atoms with Crippen molar-refractivity contribution in [3.8, 4) is 11.5 Å². The summed E-state index contributed by atoms with van der Waals surface area (Å²) in [5, 5.41) is 1.88. The molecule has 0 radical (unpaired) electrons. The number of hydroxylamine groups is 2. The molecular formula is C26H32N2O7. The van der Waals surface area contributed by atoms with Crippen LogP contribution in [0.1, 0.15) is 29.9 Å². The highest BCUT2D eigenvalue weighted by Gasteiger charge is 2.31. The summed E-state index contributed by atoms with van der Waals surface area (Å²) in [6, 6.07) is 15.3. The van der Waals surface area contributed by atoms with E-state index in [9.17, 15) is 9.59 Å². The van der Waals surface area contributed by atoms with Gasteiger partial charge in [-0.05, 0) is 23.8 Å². The number of nitrogens with zero attached hydrogens (tertiary/aromatic N) is 2. The largest absolute Gasteiger partial charge is 0.494 e. The minimum atomic E-state index is -0.328. The number of piperazine rings is 1. The van der Waals surface area contributed by atoms with Gasteiger partial charge in [-0.3, -0.25) is 4.79 Å². The fourth-order valence-corrected chi connectivity index (χ4v) is 4.40. The fourth-order valence-electron chi connectivity index (χ4n) is 4.40. The van der Waals surface area contributed by atoms with Crippen LogP contribution in [-0.4, -0.2) is 75.1 Å². The van der Waals surface area contributed by atoms with E-state index >= 15 is 0 Å². The zero-order chi connectivity index (χ0) is 24.6. The number of fused-ring (bicyclic) bond motifs is 1. The smallest absolute Gasteiger partial charge is 0.410 e. The Labute approximate surface area is 205 Å². The highest BCUT2D eigenvalue weighted by molar-refractivity contribution is 5.71. The minimum absolute atomic E-state index is 0.0251. The average Bonchev–Trinajstić information content (AvgIpc) is 3.29. The highest BCUT2D eigenvalue weighted by Crippen LogP contribution is 2.38. The van der Waals surface area contributed by atoms with Crippen LogP contribution in [0, 0.1) is 0 Å². The number of amides is 1. The number of carbonyl (C=O) groups is 2. The molecule has 2 aromatic rings. The van der Waals surface area contributed by atoms with Gasteiger partial charge in [-0.1, -0.05) is 30.3 Å². The standard InChI is InChI=1S/C26H32N2O7/c1-31-25(29)14-20-18-34-24-9-8-22(15-23(20)24)33-13-10-21-16-27(11-12-28(21)32-2)26(30)35-17-19-6-4-3-5-7-19/h3-9,15,20-21H,10-14,16-18H2,1-2H3/t20?,21-/m1/s1. The van der Waals surface area contributed by atoms with Gasteiger partial charge in [-0.25, -0.2) is 4.79 Å². The van der Waals surface area contributed by atoms with Gasteiger partial charge in [0.05, 0.1) is 39.9 Å². The summed E-state index contributed by atoms with van der Waals surface area (Å²) in [7, 11) is 3.02. The topological polar surface area (TPSA) is 86.8 Å². The summed E-state index contributed by atoms with van der Waals surface area (Å²) in [6.07, 6.45) is 0.606. The van der Waals surface area contributed by atoms with Gasteiger partial charge >= 0.3 is 12.1 Å². The number of rotatable bonds is 9. The molecule has 1 fully saturated rings. The Morgan fingerprint density at radius 1 is 1.09 bits per heavy atom. The predicted octanol–water partition coefficient (Wildman–Crippen LogP) is 3.38. The van der Waals surface area contributed by atoms with E-state index in [1.54, 1.807) is 12.0 Å². The third kappa shape index (κ3) is 6.43. The SMILES string of the molecule is COC(=O)CC1COc2ccc(OCC[C@@H]3CN(C(=O)OCc4ccccc4)CCN3OC)cc21. The molecule has 1 saturated heterocycles. The monoisotopic (exact) mass is 484 g/mol. The van der Waals surface area contributed by atoms with E-state index in [-0.39, 0.29) is 37.0 Å². The van der Waals surface area contributed by atoms with Crippen LogP contribution in [-0.2, 0) is 25.7 Å². The summed E-state index contributed by atoms with van der Waals surface area (Å²) < 4.78 is 22.0. The van der Waals surface area contributed by atoms with Crippen molar-refractivity contribution < 1.29 is 33.4 Å². The molecule has 1 unspecified atom stereocenters. The lowest BCUT2D eigenvalue weighted by molar-refractivity contribution is -0.184. The van der Waals surface area contributed by atoms with Crippen LogP contribution in [0.3, 0.4) is 0 Å². The number of carbonyl (C=O) groups excluding carboxylic acids is 2. The van der Waals surface area contributed by atoms with E-state index < -0.39 is 0 Å².